The molecular weight excluding hydrogens is 204 g/mol. The van der Waals surface area contributed by atoms with E-state index in [1.165, 1.54) is 0 Å². The number of hydrogen-bond acceptors (Lipinski definition) is 4. The van der Waals surface area contributed by atoms with E-state index in [2.05, 4.69) is 15.4 Å². The van der Waals surface area contributed by atoms with Gasteiger partial charge in [0.2, 0.25) is 5.88 Å². The number of nitrogens with zero attached hydrogens (tertiary/aromatic N) is 3. The van der Waals surface area contributed by atoms with E-state index in [4.69, 9.17) is 4.74 Å². The van der Waals surface area contributed by atoms with Crippen molar-refractivity contribution in [1.82, 2.24) is 19.9 Å². The van der Waals surface area contributed by atoms with Gasteiger partial charge in [-0.3, -0.25) is 0 Å². The van der Waals surface area contributed by atoms with Crippen LogP contribution in [-0.2, 0) is 0 Å². The molecule has 1 fully saturated rings. The van der Waals surface area contributed by atoms with Crippen molar-refractivity contribution in [3.63, 3.8) is 0 Å². The van der Waals surface area contributed by atoms with Gasteiger partial charge in [-0.1, -0.05) is 0 Å². The maximum atomic E-state index is 5.81. The monoisotopic (exact) mass is 218 g/mol. The average Bonchev–Trinajstić information content (AvgIpc) is 2.72. The van der Waals surface area contributed by atoms with Gasteiger partial charge in [-0.2, -0.15) is 0 Å². The molecule has 3 rings (SSSR count). The van der Waals surface area contributed by atoms with E-state index in [0.29, 0.717) is 5.88 Å². The average molecular weight is 218 g/mol. The third-order valence-corrected chi connectivity index (χ3v) is 2.75. The summed E-state index contributed by atoms with van der Waals surface area (Å²) in [6, 6.07) is 3.72. The van der Waals surface area contributed by atoms with Crippen molar-refractivity contribution in [3.05, 3.63) is 24.5 Å². The first-order valence-electron chi connectivity index (χ1n) is 5.59. The number of fused-ring (bicyclic) bond motifs is 1. The van der Waals surface area contributed by atoms with E-state index in [1.54, 1.807) is 10.7 Å². The minimum atomic E-state index is 0.235. The van der Waals surface area contributed by atoms with Gasteiger partial charge >= 0.3 is 0 Å². The molecule has 2 aromatic heterocycles. The second-order valence-electron chi connectivity index (χ2n) is 3.99. The maximum absolute atomic E-state index is 5.81. The van der Waals surface area contributed by atoms with E-state index in [9.17, 15) is 0 Å². The van der Waals surface area contributed by atoms with Gasteiger partial charge in [-0.05, 0) is 25.5 Å². The van der Waals surface area contributed by atoms with Crippen LogP contribution in [0.4, 0.5) is 0 Å². The summed E-state index contributed by atoms with van der Waals surface area (Å²) in [5.41, 5.74) is 0.821. The molecule has 1 saturated heterocycles. The van der Waals surface area contributed by atoms with Crippen molar-refractivity contribution in [2.45, 2.75) is 18.9 Å². The van der Waals surface area contributed by atoms with E-state index in [1.807, 2.05) is 18.3 Å². The molecule has 0 saturated carbocycles. The molecule has 1 N–H and O–H groups in total. The molecule has 0 aliphatic carbocycles. The highest BCUT2D eigenvalue weighted by Gasteiger charge is 2.15. The number of aromatic nitrogens is 3. The molecule has 2 aromatic rings. The molecule has 5 nitrogen and oxygen atoms in total. The van der Waals surface area contributed by atoms with Crippen molar-refractivity contribution in [3.8, 4) is 5.88 Å². The van der Waals surface area contributed by atoms with Crippen LogP contribution in [0.3, 0.4) is 0 Å². The summed E-state index contributed by atoms with van der Waals surface area (Å²) in [5, 5.41) is 7.62. The molecule has 16 heavy (non-hydrogen) atoms. The van der Waals surface area contributed by atoms with Gasteiger partial charge in [0.25, 0.3) is 0 Å². The molecule has 1 aliphatic heterocycles. The van der Waals surface area contributed by atoms with Gasteiger partial charge in [-0.25, -0.2) is 9.50 Å². The zero-order valence-corrected chi connectivity index (χ0v) is 8.97. The van der Waals surface area contributed by atoms with Crippen LogP contribution in [0.5, 0.6) is 5.88 Å². The summed E-state index contributed by atoms with van der Waals surface area (Å²) >= 11 is 0. The largest absolute Gasteiger partial charge is 0.472 e. The Bertz CT molecular complexity index is 443. The number of piperidine rings is 1. The normalized spacial score (nSPS) is 21.1. The fourth-order valence-corrected chi connectivity index (χ4v) is 1.96. The Morgan fingerprint density at radius 1 is 1.50 bits per heavy atom. The number of nitrogens with one attached hydrogen (secondary N) is 1. The zero-order valence-electron chi connectivity index (χ0n) is 8.97. The summed E-state index contributed by atoms with van der Waals surface area (Å²) in [5.74, 6) is 0.660. The number of ether oxygens (including phenoxy) is 1. The fourth-order valence-electron chi connectivity index (χ4n) is 1.96. The molecule has 0 aromatic carbocycles. The van der Waals surface area contributed by atoms with Crippen molar-refractivity contribution >= 4 is 5.65 Å². The quantitative estimate of drug-likeness (QED) is 0.812. The Morgan fingerprint density at radius 3 is 3.31 bits per heavy atom. The van der Waals surface area contributed by atoms with Crippen molar-refractivity contribution < 1.29 is 4.74 Å². The molecule has 0 bridgehead atoms. The van der Waals surface area contributed by atoms with Gasteiger partial charge in [0, 0.05) is 25.0 Å². The lowest BCUT2D eigenvalue weighted by molar-refractivity contribution is 0.160. The molecule has 0 amide bonds. The van der Waals surface area contributed by atoms with E-state index in [0.717, 1.165) is 31.6 Å². The number of hydrogen-bond donors (Lipinski definition) is 1. The summed E-state index contributed by atoms with van der Waals surface area (Å²) < 4.78 is 7.53. The van der Waals surface area contributed by atoms with E-state index in [-0.39, 0.29) is 6.10 Å². The standard InChI is InChI=1S/C11H14N4O/c1-3-9(8-12-4-1)16-11-7-10-13-5-2-6-15(10)14-11/h2,5-7,9,12H,1,3-4,8H2. The topological polar surface area (TPSA) is 51.5 Å². The summed E-state index contributed by atoms with van der Waals surface area (Å²) in [4.78, 5) is 4.20. The van der Waals surface area contributed by atoms with Gasteiger partial charge in [-0.15, -0.1) is 5.10 Å². The highest BCUT2D eigenvalue weighted by atomic mass is 16.5. The van der Waals surface area contributed by atoms with Gasteiger partial charge in [0.15, 0.2) is 5.65 Å². The molecule has 5 heteroatoms. The molecule has 1 atom stereocenters. The van der Waals surface area contributed by atoms with Crippen molar-refractivity contribution in [1.29, 1.82) is 0 Å². The van der Waals surface area contributed by atoms with E-state index < -0.39 is 0 Å². The highest BCUT2D eigenvalue weighted by Crippen LogP contribution is 2.15. The number of rotatable bonds is 2. The molecule has 84 valence electrons. The smallest absolute Gasteiger partial charge is 0.235 e. The summed E-state index contributed by atoms with van der Waals surface area (Å²) in [7, 11) is 0. The molecule has 1 unspecified atom stereocenters. The van der Waals surface area contributed by atoms with Crippen LogP contribution in [0.2, 0.25) is 0 Å². The third-order valence-electron chi connectivity index (χ3n) is 2.75. The molecule has 0 spiro atoms. The lowest BCUT2D eigenvalue weighted by atomic mass is 10.1. The Hall–Kier alpha value is -1.62. The molecule has 3 heterocycles. The first-order valence-corrected chi connectivity index (χ1v) is 5.59. The van der Waals surface area contributed by atoms with Crippen LogP contribution in [-0.4, -0.2) is 33.8 Å². The Morgan fingerprint density at radius 2 is 2.50 bits per heavy atom. The Balaban J connectivity index is 1.78. The Labute approximate surface area is 93.4 Å². The first-order chi connectivity index (χ1) is 7.92. The summed E-state index contributed by atoms with van der Waals surface area (Å²) in [6.45, 7) is 1.99. The van der Waals surface area contributed by atoms with Crippen LogP contribution >= 0.6 is 0 Å². The molecule has 1 aliphatic rings. The van der Waals surface area contributed by atoms with Crippen molar-refractivity contribution in [2.24, 2.45) is 0 Å². The van der Waals surface area contributed by atoms with Crippen LogP contribution in [0.1, 0.15) is 12.8 Å². The predicted molar refractivity (Wildman–Crippen MR) is 59.5 cm³/mol. The third kappa shape index (κ3) is 1.86. The van der Waals surface area contributed by atoms with Gasteiger partial charge < -0.3 is 10.1 Å². The highest BCUT2D eigenvalue weighted by molar-refractivity contribution is 5.40. The Kier molecular flexibility index (Phi) is 2.46. The first kappa shape index (κ1) is 9.59. The van der Waals surface area contributed by atoms with Crippen LogP contribution < -0.4 is 10.1 Å². The minimum Gasteiger partial charge on any atom is -0.472 e. The fraction of sp³-hybridized carbons (Fsp3) is 0.455. The van der Waals surface area contributed by atoms with Gasteiger partial charge in [0.1, 0.15) is 6.10 Å². The van der Waals surface area contributed by atoms with Crippen molar-refractivity contribution in [2.75, 3.05) is 13.1 Å². The lowest BCUT2D eigenvalue weighted by Crippen LogP contribution is -2.37. The second-order valence-corrected chi connectivity index (χ2v) is 3.99. The van der Waals surface area contributed by atoms with Crippen LogP contribution in [0.15, 0.2) is 24.5 Å². The van der Waals surface area contributed by atoms with Gasteiger partial charge in [0.05, 0.1) is 0 Å². The predicted octanol–water partition coefficient (Wildman–Crippen LogP) is 0.860. The van der Waals surface area contributed by atoms with Crippen LogP contribution in [0, 0.1) is 0 Å². The SMILES string of the molecule is c1cnc2cc(OC3CCCNC3)nn2c1. The van der Waals surface area contributed by atoms with E-state index >= 15 is 0 Å². The maximum Gasteiger partial charge on any atom is 0.235 e. The molecule has 0 radical (unpaired) electrons. The molecular formula is C11H14N4O. The van der Waals surface area contributed by atoms with Crippen LogP contribution in [0.25, 0.3) is 5.65 Å². The minimum absolute atomic E-state index is 0.235. The second kappa shape index (κ2) is 4.09. The lowest BCUT2D eigenvalue weighted by Gasteiger charge is -2.22. The zero-order chi connectivity index (χ0) is 10.8. The summed E-state index contributed by atoms with van der Waals surface area (Å²) in [6.07, 6.45) is 6.11.